The molecule has 2 aromatic rings. The number of carboxylic acid groups (broad SMARTS) is 1. The average Bonchev–Trinajstić information content (AvgIpc) is 3.19. The monoisotopic (exact) mass is 413 g/mol. The molecule has 1 saturated carbocycles. The van der Waals surface area contributed by atoms with Crippen molar-refractivity contribution in [3.63, 3.8) is 0 Å². The normalized spacial score (nSPS) is 14.5. The molecule has 0 atom stereocenters. The molecule has 0 radical (unpaired) electrons. The second kappa shape index (κ2) is 8.86. The van der Waals surface area contributed by atoms with Gasteiger partial charge in [0.25, 0.3) is 0 Å². The molecule has 1 aliphatic carbocycles. The SMILES string of the molecule is CC(C)(C)OC(=O)N(Cc1ccc(-c2ccc(C(=O)O)c(F)c2)cc1)C1CCCC1. The molecule has 0 bridgehead atoms. The van der Waals surface area contributed by atoms with Gasteiger partial charge in [-0.2, -0.15) is 0 Å². The van der Waals surface area contributed by atoms with Crippen molar-refractivity contribution in [2.45, 2.75) is 64.6 Å². The Bertz CT molecular complexity index is 912. The predicted molar refractivity (Wildman–Crippen MR) is 113 cm³/mol. The number of carboxylic acids is 1. The lowest BCUT2D eigenvalue weighted by Gasteiger charge is -2.31. The molecule has 5 nitrogen and oxygen atoms in total. The van der Waals surface area contributed by atoms with Crippen LogP contribution >= 0.6 is 0 Å². The highest BCUT2D eigenvalue weighted by Crippen LogP contribution is 2.28. The summed E-state index contributed by atoms with van der Waals surface area (Å²) in [5.41, 5.74) is 1.44. The third kappa shape index (κ3) is 5.38. The van der Waals surface area contributed by atoms with Gasteiger partial charge in [-0.25, -0.2) is 14.0 Å². The molecule has 2 aromatic carbocycles. The van der Waals surface area contributed by atoms with Crippen LogP contribution in [0.5, 0.6) is 0 Å². The Balaban J connectivity index is 1.77. The van der Waals surface area contributed by atoms with Gasteiger partial charge in [-0.05, 0) is 62.4 Å². The van der Waals surface area contributed by atoms with Gasteiger partial charge in [0.2, 0.25) is 0 Å². The van der Waals surface area contributed by atoms with Crippen molar-refractivity contribution in [2.24, 2.45) is 0 Å². The van der Waals surface area contributed by atoms with E-state index in [-0.39, 0.29) is 17.7 Å². The lowest BCUT2D eigenvalue weighted by molar-refractivity contribution is 0.0144. The molecule has 0 saturated heterocycles. The Labute approximate surface area is 176 Å². The maximum Gasteiger partial charge on any atom is 0.410 e. The molecular weight excluding hydrogens is 385 g/mol. The van der Waals surface area contributed by atoms with Crippen LogP contribution in [0.25, 0.3) is 11.1 Å². The molecule has 1 N–H and O–H groups in total. The van der Waals surface area contributed by atoms with Crippen LogP contribution in [0.3, 0.4) is 0 Å². The highest BCUT2D eigenvalue weighted by atomic mass is 19.1. The van der Waals surface area contributed by atoms with E-state index in [9.17, 15) is 14.0 Å². The second-order valence-electron chi connectivity index (χ2n) is 8.74. The number of nitrogens with zero attached hydrogens (tertiary/aromatic N) is 1. The van der Waals surface area contributed by atoms with Crippen LogP contribution in [-0.4, -0.2) is 33.7 Å². The molecule has 0 heterocycles. The van der Waals surface area contributed by atoms with Crippen LogP contribution in [-0.2, 0) is 11.3 Å². The number of hydrogen-bond donors (Lipinski definition) is 1. The van der Waals surface area contributed by atoms with Gasteiger partial charge in [0.15, 0.2) is 0 Å². The van der Waals surface area contributed by atoms with Gasteiger partial charge in [0, 0.05) is 12.6 Å². The first kappa shape index (κ1) is 21.8. The molecule has 30 heavy (non-hydrogen) atoms. The molecule has 0 aliphatic heterocycles. The topological polar surface area (TPSA) is 66.8 Å². The van der Waals surface area contributed by atoms with Crippen molar-refractivity contribution in [1.29, 1.82) is 0 Å². The maximum atomic E-state index is 14.0. The van der Waals surface area contributed by atoms with E-state index in [1.54, 1.807) is 6.07 Å². The van der Waals surface area contributed by atoms with Gasteiger partial charge < -0.3 is 14.7 Å². The Morgan fingerprint density at radius 3 is 2.20 bits per heavy atom. The summed E-state index contributed by atoms with van der Waals surface area (Å²) in [7, 11) is 0. The summed E-state index contributed by atoms with van der Waals surface area (Å²) in [6.45, 7) is 6.04. The van der Waals surface area contributed by atoms with Crippen molar-refractivity contribution < 1.29 is 23.8 Å². The number of hydrogen-bond acceptors (Lipinski definition) is 3. The molecule has 0 unspecified atom stereocenters. The van der Waals surface area contributed by atoms with Crippen LogP contribution in [0, 0.1) is 5.82 Å². The van der Waals surface area contributed by atoms with E-state index in [2.05, 4.69) is 0 Å². The fourth-order valence-corrected chi connectivity index (χ4v) is 3.75. The lowest BCUT2D eigenvalue weighted by atomic mass is 10.0. The average molecular weight is 413 g/mol. The predicted octanol–water partition coefficient (Wildman–Crippen LogP) is 5.87. The number of halogens is 1. The zero-order valence-corrected chi connectivity index (χ0v) is 17.7. The molecule has 1 fully saturated rings. The van der Waals surface area contributed by atoms with E-state index in [1.165, 1.54) is 12.1 Å². The first-order valence-corrected chi connectivity index (χ1v) is 10.3. The molecule has 1 aliphatic rings. The number of ether oxygens (including phenoxy) is 1. The van der Waals surface area contributed by atoms with Crippen LogP contribution in [0.2, 0.25) is 0 Å². The summed E-state index contributed by atoms with van der Waals surface area (Å²) in [4.78, 5) is 25.6. The molecule has 0 spiro atoms. The smallest absolute Gasteiger partial charge is 0.410 e. The second-order valence-corrected chi connectivity index (χ2v) is 8.74. The molecular formula is C24H28FNO4. The van der Waals surface area contributed by atoms with Crippen LogP contribution in [0.15, 0.2) is 42.5 Å². The molecule has 6 heteroatoms. The van der Waals surface area contributed by atoms with Gasteiger partial charge in [-0.3, -0.25) is 0 Å². The van der Waals surface area contributed by atoms with Gasteiger partial charge in [-0.15, -0.1) is 0 Å². The first-order valence-electron chi connectivity index (χ1n) is 10.3. The summed E-state index contributed by atoms with van der Waals surface area (Å²) in [6, 6.07) is 11.8. The zero-order valence-electron chi connectivity index (χ0n) is 17.7. The quantitative estimate of drug-likeness (QED) is 0.666. The van der Waals surface area contributed by atoms with Crippen LogP contribution < -0.4 is 0 Å². The summed E-state index contributed by atoms with van der Waals surface area (Å²) >= 11 is 0. The van der Waals surface area contributed by atoms with E-state index in [1.807, 2.05) is 49.9 Å². The third-order valence-electron chi connectivity index (χ3n) is 5.23. The minimum Gasteiger partial charge on any atom is -0.478 e. The Morgan fingerprint density at radius 1 is 1.07 bits per heavy atom. The Kier molecular flexibility index (Phi) is 6.44. The lowest BCUT2D eigenvalue weighted by Crippen LogP contribution is -2.41. The van der Waals surface area contributed by atoms with Crippen LogP contribution in [0.1, 0.15) is 62.4 Å². The van der Waals surface area contributed by atoms with E-state index in [0.29, 0.717) is 12.1 Å². The molecule has 160 valence electrons. The van der Waals surface area contributed by atoms with Gasteiger partial charge >= 0.3 is 12.1 Å². The standard InChI is InChI=1S/C24H28FNO4/c1-24(2,3)30-23(29)26(19-6-4-5-7-19)15-16-8-10-17(11-9-16)18-12-13-20(22(27)28)21(25)14-18/h8-14,19H,4-7,15H2,1-3H3,(H,27,28). The highest BCUT2D eigenvalue weighted by Gasteiger charge is 2.30. The molecule has 1 amide bonds. The third-order valence-corrected chi connectivity index (χ3v) is 5.23. The van der Waals surface area contributed by atoms with Crippen molar-refractivity contribution in [3.05, 3.63) is 59.4 Å². The minimum atomic E-state index is -1.29. The summed E-state index contributed by atoms with van der Waals surface area (Å²) < 4.78 is 19.6. The summed E-state index contributed by atoms with van der Waals surface area (Å²) in [5.74, 6) is -2.05. The fourth-order valence-electron chi connectivity index (χ4n) is 3.75. The van der Waals surface area contributed by atoms with E-state index in [4.69, 9.17) is 9.84 Å². The summed E-state index contributed by atoms with van der Waals surface area (Å²) in [5, 5.41) is 8.97. The first-order chi connectivity index (χ1) is 14.1. The van der Waals surface area contributed by atoms with Gasteiger partial charge in [0.05, 0.1) is 5.56 Å². The minimum absolute atomic E-state index is 0.178. The van der Waals surface area contributed by atoms with Crippen molar-refractivity contribution in [2.75, 3.05) is 0 Å². The van der Waals surface area contributed by atoms with E-state index < -0.39 is 17.4 Å². The van der Waals surface area contributed by atoms with Crippen LogP contribution in [0.4, 0.5) is 9.18 Å². The number of aromatic carboxylic acids is 1. The Hall–Kier alpha value is -2.89. The highest BCUT2D eigenvalue weighted by molar-refractivity contribution is 5.88. The number of benzene rings is 2. The van der Waals surface area contributed by atoms with Crippen molar-refractivity contribution >= 4 is 12.1 Å². The number of carbonyl (C=O) groups excluding carboxylic acids is 1. The van der Waals surface area contributed by atoms with Crippen molar-refractivity contribution in [1.82, 2.24) is 4.90 Å². The van der Waals surface area contributed by atoms with Gasteiger partial charge in [-0.1, -0.05) is 43.2 Å². The Morgan fingerprint density at radius 2 is 1.67 bits per heavy atom. The number of amides is 1. The molecule has 0 aromatic heterocycles. The molecule has 3 rings (SSSR count). The zero-order chi connectivity index (χ0) is 21.9. The maximum absolute atomic E-state index is 14.0. The van der Waals surface area contributed by atoms with Crippen molar-refractivity contribution in [3.8, 4) is 11.1 Å². The number of carbonyl (C=O) groups is 2. The largest absolute Gasteiger partial charge is 0.478 e. The number of rotatable bonds is 5. The van der Waals surface area contributed by atoms with E-state index >= 15 is 0 Å². The summed E-state index contributed by atoms with van der Waals surface area (Å²) in [6.07, 6.45) is 3.88. The van der Waals surface area contributed by atoms with E-state index in [0.717, 1.165) is 36.8 Å². The fraction of sp³-hybridized carbons (Fsp3) is 0.417. The van der Waals surface area contributed by atoms with Gasteiger partial charge in [0.1, 0.15) is 11.4 Å².